The lowest BCUT2D eigenvalue weighted by atomic mass is 9.80. The van der Waals surface area contributed by atoms with Crippen LogP contribution in [-0.4, -0.2) is 54.1 Å². The third-order valence-corrected chi connectivity index (χ3v) is 9.08. The summed E-state index contributed by atoms with van der Waals surface area (Å²) in [4.78, 5) is 14.2. The Hall–Kier alpha value is -3.25. The molecule has 0 bridgehead atoms. The molecular formula is C29H33NO8S2. The molecule has 3 aromatic carbocycles. The number of amides is 1. The summed E-state index contributed by atoms with van der Waals surface area (Å²) in [5, 5.41) is 0. The summed E-state index contributed by atoms with van der Waals surface area (Å²) in [7, 11) is -7.91. The van der Waals surface area contributed by atoms with Gasteiger partial charge >= 0.3 is 6.09 Å². The van der Waals surface area contributed by atoms with Gasteiger partial charge in [0.1, 0.15) is 18.1 Å². The van der Waals surface area contributed by atoms with Gasteiger partial charge in [-0.2, -0.15) is 16.8 Å². The van der Waals surface area contributed by atoms with E-state index in [4.69, 9.17) is 13.1 Å². The average Bonchev–Trinajstić information content (AvgIpc) is 2.96. The van der Waals surface area contributed by atoms with Crippen molar-refractivity contribution >= 4 is 26.3 Å². The maximum Gasteiger partial charge on any atom is 0.410 e. The van der Waals surface area contributed by atoms with Crippen LogP contribution in [-0.2, 0) is 51.5 Å². The van der Waals surface area contributed by atoms with Crippen molar-refractivity contribution in [2.45, 2.75) is 31.0 Å². The van der Waals surface area contributed by atoms with E-state index in [0.29, 0.717) is 11.1 Å². The second-order valence-electron chi connectivity index (χ2n) is 9.93. The monoisotopic (exact) mass is 587 g/mol. The van der Waals surface area contributed by atoms with Crippen molar-refractivity contribution in [3.8, 4) is 0 Å². The van der Waals surface area contributed by atoms with Crippen molar-refractivity contribution in [1.29, 1.82) is 0 Å². The minimum absolute atomic E-state index is 0.128. The number of carbonyl (C=O) groups is 1. The van der Waals surface area contributed by atoms with Crippen molar-refractivity contribution in [1.82, 2.24) is 4.90 Å². The molecule has 0 N–H and O–H groups in total. The fourth-order valence-corrected chi connectivity index (χ4v) is 6.60. The van der Waals surface area contributed by atoms with Crippen molar-refractivity contribution in [2.75, 3.05) is 26.3 Å². The SMILES string of the molecule is O=C(OCc1ccccc1)N1CCC(COS(=O)(=O)Cc2ccccc2)(COS(=O)(=O)Cc2ccccc2)CC1. The first-order valence-corrected chi connectivity index (χ1v) is 16.1. The summed E-state index contributed by atoms with van der Waals surface area (Å²) in [6.07, 6.45) is 0.0531. The molecule has 0 radical (unpaired) electrons. The second kappa shape index (κ2) is 13.4. The zero-order chi connectivity index (χ0) is 28.5. The Balaban J connectivity index is 1.40. The van der Waals surface area contributed by atoms with E-state index in [-0.39, 0.29) is 57.3 Å². The molecule has 4 rings (SSSR count). The molecule has 1 fully saturated rings. The predicted octanol–water partition coefficient (Wildman–Crippen LogP) is 4.50. The van der Waals surface area contributed by atoms with Gasteiger partial charge in [0.05, 0.1) is 13.2 Å². The van der Waals surface area contributed by atoms with E-state index in [1.807, 2.05) is 30.3 Å². The van der Waals surface area contributed by atoms with Crippen LogP contribution >= 0.6 is 0 Å². The fraction of sp³-hybridized carbons (Fsp3) is 0.345. The number of ether oxygens (including phenoxy) is 1. The molecule has 0 unspecified atom stereocenters. The number of benzene rings is 3. The number of carbonyl (C=O) groups excluding carboxylic acids is 1. The maximum atomic E-state index is 12.8. The standard InChI is InChI=1S/C29H33NO8S2/c31-28(36-20-25-10-4-1-5-11-25)30-18-16-29(17-19-30,23-37-39(32,33)21-26-12-6-2-7-13-26)24-38-40(34,35)22-27-14-8-3-9-15-27/h1-15H,16-24H2. The second-order valence-corrected chi connectivity index (χ2v) is 13.2. The molecule has 1 amide bonds. The molecule has 11 heteroatoms. The summed E-state index contributed by atoms with van der Waals surface area (Å²) in [6.45, 7) is 0.0600. The van der Waals surface area contributed by atoms with Crippen molar-refractivity contribution in [3.63, 3.8) is 0 Å². The Labute approximate surface area is 235 Å². The lowest BCUT2D eigenvalue weighted by Crippen LogP contribution is -2.47. The van der Waals surface area contributed by atoms with Crippen LogP contribution in [0.5, 0.6) is 0 Å². The topological polar surface area (TPSA) is 116 Å². The molecule has 1 heterocycles. The van der Waals surface area contributed by atoms with E-state index >= 15 is 0 Å². The van der Waals surface area contributed by atoms with Gasteiger partial charge in [0.15, 0.2) is 0 Å². The Morgan fingerprint density at radius 3 is 1.48 bits per heavy atom. The third-order valence-electron chi connectivity index (χ3n) is 6.75. The first kappa shape index (κ1) is 29.7. The normalized spacial score (nSPS) is 15.4. The van der Waals surface area contributed by atoms with Gasteiger partial charge in [0.25, 0.3) is 20.2 Å². The minimum atomic E-state index is -3.95. The summed E-state index contributed by atoms with van der Waals surface area (Å²) >= 11 is 0. The molecule has 3 aromatic rings. The third kappa shape index (κ3) is 9.16. The highest BCUT2D eigenvalue weighted by Gasteiger charge is 2.40. The van der Waals surface area contributed by atoms with Crippen molar-refractivity contribution in [3.05, 3.63) is 108 Å². The highest BCUT2D eigenvalue weighted by atomic mass is 32.2. The molecule has 1 saturated heterocycles. The number of hydrogen-bond donors (Lipinski definition) is 0. The van der Waals surface area contributed by atoms with Crippen LogP contribution < -0.4 is 0 Å². The van der Waals surface area contributed by atoms with Crippen molar-refractivity contribution < 1.29 is 34.7 Å². The molecule has 214 valence electrons. The zero-order valence-corrected chi connectivity index (χ0v) is 23.7. The quantitative estimate of drug-likeness (QED) is 0.285. The molecule has 0 aromatic heterocycles. The molecule has 1 aliphatic rings. The van der Waals surface area contributed by atoms with E-state index in [1.165, 1.54) is 4.90 Å². The van der Waals surface area contributed by atoms with E-state index in [9.17, 15) is 21.6 Å². The number of hydrogen-bond acceptors (Lipinski definition) is 8. The van der Waals surface area contributed by atoms with Gasteiger partial charge in [-0.15, -0.1) is 0 Å². The van der Waals surface area contributed by atoms with Crippen LogP contribution in [0.4, 0.5) is 4.79 Å². The highest BCUT2D eigenvalue weighted by molar-refractivity contribution is 7.86. The van der Waals surface area contributed by atoms with Gasteiger partial charge < -0.3 is 9.64 Å². The van der Waals surface area contributed by atoms with Crippen LogP contribution in [0, 0.1) is 5.41 Å². The van der Waals surface area contributed by atoms with Crippen LogP contribution in [0.15, 0.2) is 91.0 Å². The molecular weight excluding hydrogens is 554 g/mol. The fourth-order valence-electron chi connectivity index (χ4n) is 4.37. The first-order chi connectivity index (χ1) is 19.1. The molecule has 0 atom stereocenters. The van der Waals surface area contributed by atoms with Gasteiger partial charge in [-0.25, -0.2) is 4.79 Å². The number of rotatable bonds is 12. The molecule has 0 aliphatic carbocycles. The van der Waals surface area contributed by atoms with Gasteiger partial charge in [-0.1, -0.05) is 91.0 Å². The average molecular weight is 588 g/mol. The molecule has 0 saturated carbocycles. The van der Waals surface area contributed by atoms with E-state index in [1.54, 1.807) is 60.7 Å². The van der Waals surface area contributed by atoms with Gasteiger partial charge in [0.2, 0.25) is 0 Å². The van der Waals surface area contributed by atoms with Gasteiger partial charge in [0, 0.05) is 18.5 Å². The van der Waals surface area contributed by atoms with Gasteiger partial charge in [-0.05, 0) is 29.5 Å². The van der Waals surface area contributed by atoms with Gasteiger partial charge in [-0.3, -0.25) is 8.37 Å². The summed E-state index contributed by atoms with van der Waals surface area (Å²) in [5.74, 6) is -0.621. The smallest absolute Gasteiger partial charge is 0.410 e. The highest BCUT2D eigenvalue weighted by Crippen LogP contribution is 2.34. The Bertz CT molecular complexity index is 1360. The van der Waals surface area contributed by atoms with Crippen molar-refractivity contribution in [2.24, 2.45) is 5.41 Å². The largest absolute Gasteiger partial charge is 0.445 e. The zero-order valence-electron chi connectivity index (χ0n) is 22.1. The Morgan fingerprint density at radius 2 is 1.05 bits per heavy atom. The Kier molecular flexibility index (Phi) is 9.96. The lowest BCUT2D eigenvalue weighted by molar-refractivity contribution is 0.0133. The minimum Gasteiger partial charge on any atom is -0.445 e. The van der Waals surface area contributed by atoms with E-state index in [0.717, 1.165) is 5.56 Å². The molecule has 40 heavy (non-hydrogen) atoms. The van der Waals surface area contributed by atoms with Crippen LogP contribution in [0.3, 0.4) is 0 Å². The predicted molar refractivity (Wildman–Crippen MR) is 150 cm³/mol. The number of likely N-dealkylation sites (tertiary alicyclic amines) is 1. The van der Waals surface area contributed by atoms with E-state index in [2.05, 4.69) is 0 Å². The van der Waals surface area contributed by atoms with Crippen LogP contribution in [0.1, 0.15) is 29.5 Å². The maximum absolute atomic E-state index is 12.8. The Morgan fingerprint density at radius 1 is 0.650 bits per heavy atom. The van der Waals surface area contributed by atoms with Crippen LogP contribution in [0.2, 0.25) is 0 Å². The van der Waals surface area contributed by atoms with E-state index < -0.39 is 31.7 Å². The first-order valence-electron chi connectivity index (χ1n) is 12.9. The molecule has 9 nitrogen and oxygen atoms in total. The number of nitrogens with zero attached hydrogens (tertiary/aromatic N) is 1. The molecule has 1 aliphatic heterocycles. The summed E-state index contributed by atoms with van der Waals surface area (Å²) < 4.78 is 67.3. The lowest BCUT2D eigenvalue weighted by Gasteiger charge is -2.40. The number of piperidine rings is 1. The summed E-state index contributed by atoms with van der Waals surface area (Å²) in [5.41, 5.74) is 1.07. The molecule has 0 spiro atoms. The summed E-state index contributed by atoms with van der Waals surface area (Å²) in [6, 6.07) is 26.6. The van der Waals surface area contributed by atoms with Crippen LogP contribution in [0.25, 0.3) is 0 Å².